The van der Waals surface area contributed by atoms with Crippen LogP contribution in [0.25, 0.3) is 0 Å². The second-order valence-corrected chi connectivity index (χ2v) is 6.76. The van der Waals surface area contributed by atoms with Gasteiger partial charge in [-0.1, -0.05) is 29.3 Å². The Hall–Kier alpha value is -1.83. The van der Waals surface area contributed by atoms with Gasteiger partial charge in [-0.05, 0) is 28.1 Å². The van der Waals surface area contributed by atoms with Crippen LogP contribution < -0.4 is 5.32 Å². The van der Waals surface area contributed by atoms with E-state index in [1.807, 2.05) is 0 Å². The molecule has 0 aliphatic carbocycles. The molecule has 1 N–H and O–H groups in total. The summed E-state index contributed by atoms with van der Waals surface area (Å²) in [5, 5.41) is 12.2. The first kappa shape index (κ1) is 17.0. The molecule has 3 aromatic rings. The van der Waals surface area contributed by atoms with Crippen molar-refractivity contribution in [3.63, 3.8) is 0 Å². The first-order chi connectivity index (χ1) is 11.5. The number of carbonyl (C=O) groups is 1. The lowest BCUT2D eigenvalue weighted by molar-refractivity contribution is -0.116. The summed E-state index contributed by atoms with van der Waals surface area (Å²) in [6, 6.07) is 5.34. The molecule has 0 bridgehead atoms. The fourth-order valence-corrected chi connectivity index (χ4v) is 2.98. The number of carbonyl (C=O) groups excluding carboxylic acids is 1. The molecule has 0 spiro atoms. The summed E-state index contributed by atoms with van der Waals surface area (Å²) in [7, 11) is 0. The van der Waals surface area contributed by atoms with E-state index in [1.165, 1.54) is 4.68 Å². The predicted molar refractivity (Wildman–Crippen MR) is 96.3 cm³/mol. The topological polar surface area (TPSA) is 64.7 Å². The van der Waals surface area contributed by atoms with Gasteiger partial charge in [0.25, 0.3) is 0 Å². The number of benzene rings is 1. The Morgan fingerprint density at radius 1 is 1.12 bits per heavy atom. The highest BCUT2D eigenvalue weighted by Gasteiger charge is 2.09. The largest absolute Gasteiger partial charge is 0.322 e. The summed E-state index contributed by atoms with van der Waals surface area (Å²) in [4.78, 5) is 12.0. The van der Waals surface area contributed by atoms with Gasteiger partial charge in [-0.2, -0.15) is 10.2 Å². The molecule has 0 unspecified atom stereocenters. The lowest BCUT2D eigenvalue weighted by Gasteiger charge is -2.06. The van der Waals surface area contributed by atoms with Crippen LogP contribution in [0, 0.1) is 0 Å². The molecule has 0 aliphatic rings. The average molecular weight is 429 g/mol. The monoisotopic (exact) mass is 427 g/mol. The minimum Gasteiger partial charge on any atom is -0.322 e. The average Bonchev–Trinajstić information content (AvgIpc) is 3.12. The molecule has 24 heavy (non-hydrogen) atoms. The zero-order chi connectivity index (χ0) is 17.1. The van der Waals surface area contributed by atoms with Gasteiger partial charge in [-0.25, -0.2) is 0 Å². The van der Waals surface area contributed by atoms with Crippen LogP contribution in [0.5, 0.6) is 0 Å². The Balaban J connectivity index is 1.64. The van der Waals surface area contributed by atoms with Crippen LogP contribution in [-0.2, 0) is 17.9 Å². The van der Waals surface area contributed by atoms with Crippen molar-refractivity contribution in [3.05, 3.63) is 63.1 Å². The van der Waals surface area contributed by atoms with Gasteiger partial charge in [0.2, 0.25) is 5.91 Å². The maximum Gasteiger partial charge on any atom is 0.246 e. The Morgan fingerprint density at radius 3 is 2.50 bits per heavy atom. The first-order valence-corrected chi connectivity index (χ1v) is 8.49. The second kappa shape index (κ2) is 7.38. The van der Waals surface area contributed by atoms with Gasteiger partial charge < -0.3 is 5.32 Å². The third-order valence-corrected chi connectivity index (χ3v) is 4.32. The number of nitrogens with one attached hydrogen (secondary N) is 1. The van der Waals surface area contributed by atoms with Crippen LogP contribution >= 0.6 is 39.1 Å². The SMILES string of the molecule is O=C(Cn1cc(Br)cn1)Nc1cnn(Cc2c(Cl)cccc2Cl)c1. The highest BCUT2D eigenvalue weighted by Crippen LogP contribution is 2.25. The number of nitrogens with zero attached hydrogens (tertiary/aromatic N) is 4. The van der Waals surface area contributed by atoms with Gasteiger partial charge in [0.15, 0.2) is 0 Å². The highest BCUT2D eigenvalue weighted by atomic mass is 79.9. The maximum atomic E-state index is 12.0. The predicted octanol–water partition coefficient (Wildman–Crippen LogP) is 3.84. The highest BCUT2D eigenvalue weighted by molar-refractivity contribution is 9.10. The van der Waals surface area contributed by atoms with E-state index in [2.05, 4.69) is 31.4 Å². The molecule has 1 amide bonds. The molecule has 0 saturated carbocycles. The van der Waals surface area contributed by atoms with Gasteiger partial charge in [0.05, 0.1) is 29.1 Å². The van der Waals surface area contributed by atoms with Crippen LogP contribution in [0.3, 0.4) is 0 Å². The number of rotatable bonds is 5. The van der Waals surface area contributed by atoms with Crippen molar-refractivity contribution in [2.75, 3.05) is 5.32 Å². The minimum absolute atomic E-state index is 0.118. The normalized spacial score (nSPS) is 10.8. The van der Waals surface area contributed by atoms with Crippen LogP contribution in [0.2, 0.25) is 10.0 Å². The van der Waals surface area contributed by atoms with E-state index in [1.54, 1.807) is 47.7 Å². The van der Waals surface area contributed by atoms with E-state index in [-0.39, 0.29) is 12.5 Å². The van der Waals surface area contributed by atoms with Crippen molar-refractivity contribution < 1.29 is 4.79 Å². The third kappa shape index (κ3) is 4.17. The smallest absolute Gasteiger partial charge is 0.246 e. The summed E-state index contributed by atoms with van der Waals surface area (Å²) >= 11 is 15.6. The van der Waals surface area contributed by atoms with E-state index in [0.29, 0.717) is 22.3 Å². The second-order valence-electron chi connectivity index (χ2n) is 5.03. The third-order valence-electron chi connectivity index (χ3n) is 3.21. The lowest BCUT2D eigenvalue weighted by Crippen LogP contribution is -2.18. The van der Waals surface area contributed by atoms with E-state index < -0.39 is 0 Å². The number of hydrogen-bond acceptors (Lipinski definition) is 3. The zero-order valence-electron chi connectivity index (χ0n) is 12.3. The van der Waals surface area contributed by atoms with Gasteiger partial charge >= 0.3 is 0 Å². The standard InChI is InChI=1S/C15H12BrCl2N5O/c16-10-4-19-22(6-10)9-15(24)21-11-5-20-23(7-11)8-12-13(17)2-1-3-14(12)18/h1-7H,8-9H2,(H,21,24). The number of hydrogen-bond donors (Lipinski definition) is 1. The first-order valence-electron chi connectivity index (χ1n) is 6.94. The van der Waals surface area contributed by atoms with Crippen LogP contribution in [-0.4, -0.2) is 25.5 Å². The number of anilines is 1. The molecular weight excluding hydrogens is 417 g/mol. The summed E-state index contributed by atoms with van der Waals surface area (Å²) in [6.45, 7) is 0.535. The van der Waals surface area contributed by atoms with Crippen LogP contribution in [0.4, 0.5) is 5.69 Å². The molecule has 2 aromatic heterocycles. The van der Waals surface area contributed by atoms with Crippen molar-refractivity contribution in [1.29, 1.82) is 0 Å². The fourth-order valence-electron chi connectivity index (χ4n) is 2.13. The molecule has 1 aromatic carbocycles. The molecule has 124 valence electrons. The maximum absolute atomic E-state index is 12.0. The quantitative estimate of drug-likeness (QED) is 0.671. The van der Waals surface area contributed by atoms with Crippen molar-refractivity contribution in [1.82, 2.24) is 19.6 Å². The number of aromatic nitrogens is 4. The number of amides is 1. The summed E-state index contributed by atoms with van der Waals surface area (Å²) in [5.41, 5.74) is 1.37. The van der Waals surface area contributed by atoms with Gasteiger partial charge in [0.1, 0.15) is 6.54 Å². The molecule has 0 saturated heterocycles. The Labute approximate surface area is 156 Å². The minimum atomic E-state index is -0.194. The van der Waals surface area contributed by atoms with Gasteiger partial charge in [0, 0.05) is 28.0 Å². The summed E-state index contributed by atoms with van der Waals surface area (Å²) in [6.07, 6.45) is 6.64. The zero-order valence-corrected chi connectivity index (χ0v) is 15.4. The molecule has 2 heterocycles. The molecule has 6 nitrogen and oxygen atoms in total. The molecule has 0 radical (unpaired) electrons. The molecule has 0 fully saturated rings. The van der Waals surface area contributed by atoms with Crippen LogP contribution in [0.1, 0.15) is 5.56 Å². The fraction of sp³-hybridized carbons (Fsp3) is 0.133. The van der Waals surface area contributed by atoms with Gasteiger partial charge in [-0.15, -0.1) is 0 Å². The molecule has 9 heteroatoms. The Bertz CT molecular complexity index is 856. The van der Waals surface area contributed by atoms with E-state index in [0.717, 1.165) is 10.0 Å². The molecule has 0 atom stereocenters. The number of halogens is 3. The Morgan fingerprint density at radius 2 is 1.83 bits per heavy atom. The van der Waals surface area contributed by atoms with E-state index >= 15 is 0 Å². The lowest BCUT2D eigenvalue weighted by atomic mass is 10.2. The molecule has 3 rings (SSSR count). The van der Waals surface area contributed by atoms with Gasteiger partial charge in [-0.3, -0.25) is 14.2 Å². The van der Waals surface area contributed by atoms with Crippen molar-refractivity contribution in [2.24, 2.45) is 0 Å². The van der Waals surface area contributed by atoms with Crippen molar-refractivity contribution in [3.8, 4) is 0 Å². The van der Waals surface area contributed by atoms with Crippen LogP contribution in [0.15, 0.2) is 47.5 Å². The Kier molecular flexibility index (Phi) is 5.23. The molecular formula is C15H12BrCl2N5O. The van der Waals surface area contributed by atoms with Crippen molar-refractivity contribution >= 4 is 50.7 Å². The van der Waals surface area contributed by atoms with E-state index in [4.69, 9.17) is 23.2 Å². The molecule has 0 aliphatic heterocycles. The summed E-state index contributed by atoms with van der Waals surface area (Å²) < 4.78 is 4.01. The summed E-state index contributed by atoms with van der Waals surface area (Å²) in [5.74, 6) is -0.194. The van der Waals surface area contributed by atoms with Crippen molar-refractivity contribution in [2.45, 2.75) is 13.1 Å². The van der Waals surface area contributed by atoms with E-state index in [9.17, 15) is 4.79 Å².